The second-order valence-electron chi connectivity index (χ2n) is 6.53. The number of nitrogens with one attached hydrogen (secondary N) is 1. The van der Waals surface area contributed by atoms with Crippen molar-refractivity contribution in [3.05, 3.63) is 30.1 Å². The highest BCUT2D eigenvalue weighted by molar-refractivity contribution is 6.02. The summed E-state index contributed by atoms with van der Waals surface area (Å²) < 4.78 is 0. The third kappa shape index (κ3) is 2.20. The number of hydrogen-bond acceptors (Lipinski definition) is 3. The average Bonchev–Trinajstić information content (AvgIpc) is 2.94. The van der Waals surface area contributed by atoms with E-state index in [0.29, 0.717) is 6.54 Å². The van der Waals surface area contributed by atoms with Crippen molar-refractivity contribution in [3.63, 3.8) is 0 Å². The molecule has 5 nitrogen and oxygen atoms in total. The number of piperazine rings is 1. The molecule has 2 amide bonds. The molecule has 112 valence electrons. The van der Waals surface area contributed by atoms with E-state index in [4.69, 9.17) is 0 Å². The van der Waals surface area contributed by atoms with Gasteiger partial charge >= 0.3 is 0 Å². The Morgan fingerprint density at radius 1 is 1.24 bits per heavy atom. The van der Waals surface area contributed by atoms with E-state index in [2.05, 4.69) is 10.3 Å². The molecule has 2 aliphatic rings. The number of carbonyl (C=O) groups excluding carboxylic acids is 2. The third-order valence-electron chi connectivity index (χ3n) is 4.62. The Balaban J connectivity index is 1.98. The molecule has 0 aromatic carbocycles. The summed E-state index contributed by atoms with van der Waals surface area (Å²) in [5.74, 6) is -0.0322. The van der Waals surface area contributed by atoms with Gasteiger partial charge in [0.15, 0.2) is 0 Å². The van der Waals surface area contributed by atoms with Crippen molar-refractivity contribution in [2.45, 2.75) is 57.2 Å². The number of nitrogens with zero attached hydrogens (tertiary/aromatic N) is 2. The van der Waals surface area contributed by atoms with Gasteiger partial charge < -0.3 is 10.2 Å². The molecule has 1 spiro atoms. The summed E-state index contributed by atoms with van der Waals surface area (Å²) in [7, 11) is 0. The Bertz CT molecular complexity index is 562. The lowest BCUT2D eigenvalue weighted by atomic mass is 9.85. The molecule has 1 saturated carbocycles. The van der Waals surface area contributed by atoms with Crippen LogP contribution in [-0.4, -0.2) is 32.8 Å². The van der Waals surface area contributed by atoms with Crippen LogP contribution in [0.3, 0.4) is 0 Å². The monoisotopic (exact) mass is 287 g/mol. The molecule has 3 rings (SSSR count). The van der Waals surface area contributed by atoms with Crippen molar-refractivity contribution < 1.29 is 9.59 Å². The second-order valence-corrected chi connectivity index (χ2v) is 6.53. The van der Waals surface area contributed by atoms with Gasteiger partial charge in [0.05, 0.1) is 12.2 Å². The summed E-state index contributed by atoms with van der Waals surface area (Å²) in [5.41, 5.74) is -0.702. The molecule has 0 unspecified atom stereocenters. The Hall–Kier alpha value is -1.91. The summed E-state index contributed by atoms with van der Waals surface area (Å²) in [6.45, 7) is 3.93. The number of hydrogen-bond donors (Lipinski definition) is 1. The van der Waals surface area contributed by atoms with Crippen molar-refractivity contribution in [1.29, 1.82) is 0 Å². The van der Waals surface area contributed by atoms with Gasteiger partial charge in [-0.2, -0.15) is 0 Å². The minimum Gasteiger partial charge on any atom is -0.340 e. The van der Waals surface area contributed by atoms with E-state index < -0.39 is 11.1 Å². The fourth-order valence-corrected chi connectivity index (χ4v) is 3.44. The van der Waals surface area contributed by atoms with Crippen LogP contribution in [0.5, 0.6) is 0 Å². The van der Waals surface area contributed by atoms with Crippen molar-refractivity contribution >= 4 is 11.8 Å². The second kappa shape index (κ2) is 4.83. The smallest absolute Gasteiger partial charge is 0.248 e. The standard InChI is InChI=1S/C16H21N3O2/c1-15(2)14(21)19(11-12-7-3-6-10-17-12)16(13(20)18-15)8-4-5-9-16/h3,6-7,10H,4-5,8-9,11H2,1-2H3,(H,18,20). The molecule has 0 radical (unpaired) electrons. The zero-order valence-electron chi connectivity index (χ0n) is 12.6. The van der Waals surface area contributed by atoms with Gasteiger partial charge in [0.2, 0.25) is 11.8 Å². The Kier molecular flexibility index (Phi) is 3.23. The van der Waals surface area contributed by atoms with E-state index >= 15 is 0 Å². The molecule has 2 heterocycles. The minimum absolute atomic E-state index is 0.0134. The van der Waals surface area contributed by atoms with Crippen LogP contribution >= 0.6 is 0 Å². The fourth-order valence-electron chi connectivity index (χ4n) is 3.44. The van der Waals surface area contributed by atoms with E-state index in [1.54, 1.807) is 24.9 Å². The Labute approximate surface area is 124 Å². The zero-order valence-corrected chi connectivity index (χ0v) is 12.6. The van der Waals surface area contributed by atoms with E-state index in [-0.39, 0.29) is 11.8 Å². The first kappa shape index (κ1) is 14.0. The first-order valence-electron chi connectivity index (χ1n) is 7.50. The highest BCUT2D eigenvalue weighted by Gasteiger charge is 2.56. The van der Waals surface area contributed by atoms with Crippen molar-refractivity contribution in [2.75, 3.05) is 0 Å². The summed E-state index contributed by atoms with van der Waals surface area (Å²) >= 11 is 0. The Morgan fingerprint density at radius 2 is 1.95 bits per heavy atom. The topological polar surface area (TPSA) is 62.3 Å². The maximum absolute atomic E-state index is 12.8. The molecule has 0 atom stereocenters. The van der Waals surface area contributed by atoms with Gasteiger partial charge in [0.25, 0.3) is 0 Å². The molecular weight excluding hydrogens is 266 g/mol. The predicted octanol–water partition coefficient (Wildman–Crippen LogP) is 1.63. The third-order valence-corrected chi connectivity index (χ3v) is 4.62. The van der Waals surface area contributed by atoms with Crippen LogP contribution in [0.1, 0.15) is 45.2 Å². The summed E-state index contributed by atoms with van der Waals surface area (Å²) in [6, 6.07) is 5.66. The quantitative estimate of drug-likeness (QED) is 0.899. The van der Waals surface area contributed by atoms with Gasteiger partial charge in [-0.15, -0.1) is 0 Å². The number of rotatable bonds is 2. The predicted molar refractivity (Wildman–Crippen MR) is 78.2 cm³/mol. The molecule has 0 bridgehead atoms. The van der Waals surface area contributed by atoms with Gasteiger partial charge in [-0.25, -0.2) is 0 Å². The summed E-state index contributed by atoms with van der Waals surface area (Å²) in [5, 5.41) is 2.90. The zero-order chi connectivity index (χ0) is 15.1. The average molecular weight is 287 g/mol. The van der Waals surface area contributed by atoms with Crippen LogP contribution in [0.25, 0.3) is 0 Å². The van der Waals surface area contributed by atoms with Crippen LogP contribution < -0.4 is 5.32 Å². The van der Waals surface area contributed by atoms with Crippen LogP contribution in [-0.2, 0) is 16.1 Å². The summed E-state index contributed by atoms with van der Waals surface area (Å²) in [4.78, 5) is 31.6. The van der Waals surface area contributed by atoms with Gasteiger partial charge in [0.1, 0.15) is 11.1 Å². The van der Waals surface area contributed by atoms with E-state index in [0.717, 1.165) is 31.4 Å². The molecule has 1 aliphatic carbocycles. The van der Waals surface area contributed by atoms with Gasteiger partial charge in [-0.1, -0.05) is 18.9 Å². The van der Waals surface area contributed by atoms with Crippen molar-refractivity contribution in [3.8, 4) is 0 Å². The highest BCUT2D eigenvalue weighted by Crippen LogP contribution is 2.40. The Morgan fingerprint density at radius 3 is 2.57 bits per heavy atom. The first-order valence-corrected chi connectivity index (χ1v) is 7.50. The van der Waals surface area contributed by atoms with Crippen LogP contribution in [0.2, 0.25) is 0 Å². The number of carbonyl (C=O) groups is 2. The fraction of sp³-hybridized carbons (Fsp3) is 0.562. The largest absolute Gasteiger partial charge is 0.340 e. The normalized spacial score (nSPS) is 23.4. The molecule has 2 fully saturated rings. The lowest BCUT2D eigenvalue weighted by Crippen LogP contribution is -2.73. The van der Waals surface area contributed by atoms with Crippen LogP contribution in [0.15, 0.2) is 24.4 Å². The maximum atomic E-state index is 12.8. The lowest BCUT2D eigenvalue weighted by molar-refractivity contribution is -0.162. The maximum Gasteiger partial charge on any atom is 0.248 e. The molecule has 1 saturated heterocycles. The summed E-state index contributed by atoms with van der Waals surface area (Å²) in [6.07, 6.45) is 5.18. The number of aromatic nitrogens is 1. The molecule has 1 N–H and O–H groups in total. The van der Waals surface area contributed by atoms with Crippen molar-refractivity contribution in [2.24, 2.45) is 0 Å². The molecule has 21 heavy (non-hydrogen) atoms. The lowest BCUT2D eigenvalue weighted by Gasteiger charge is -2.49. The van der Waals surface area contributed by atoms with E-state index in [1.807, 2.05) is 18.2 Å². The van der Waals surface area contributed by atoms with E-state index in [9.17, 15) is 9.59 Å². The number of amides is 2. The van der Waals surface area contributed by atoms with Crippen molar-refractivity contribution in [1.82, 2.24) is 15.2 Å². The molecule has 1 aromatic rings. The van der Waals surface area contributed by atoms with Crippen LogP contribution in [0.4, 0.5) is 0 Å². The number of pyridine rings is 1. The molecule has 5 heteroatoms. The minimum atomic E-state index is -0.848. The van der Waals surface area contributed by atoms with Crippen LogP contribution in [0, 0.1) is 0 Å². The van der Waals surface area contributed by atoms with Gasteiger partial charge in [0, 0.05) is 6.20 Å². The van der Waals surface area contributed by atoms with Gasteiger partial charge in [-0.05, 0) is 38.8 Å². The molecular formula is C16H21N3O2. The van der Waals surface area contributed by atoms with E-state index in [1.165, 1.54) is 0 Å². The SMILES string of the molecule is CC1(C)NC(=O)C2(CCCC2)N(Cc2ccccn2)C1=O. The molecule has 1 aliphatic heterocycles. The first-order chi connectivity index (χ1) is 9.96. The molecule has 1 aromatic heterocycles. The highest BCUT2D eigenvalue weighted by atomic mass is 16.2. The van der Waals surface area contributed by atoms with Gasteiger partial charge in [-0.3, -0.25) is 14.6 Å².